The predicted octanol–water partition coefficient (Wildman–Crippen LogP) is 1.85. The van der Waals surface area contributed by atoms with Crippen molar-refractivity contribution in [2.24, 2.45) is 5.73 Å². The van der Waals surface area contributed by atoms with E-state index in [1.54, 1.807) is 11.3 Å². The molecule has 0 bridgehead atoms. The fraction of sp³-hybridized carbons (Fsp3) is 0.727. The maximum atomic E-state index is 5.67. The summed E-state index contributed by atoms with van der Waals surface area (Å²) in [6.07, 6.45) is 7.43. The van der Waals surface area contributed by atoms with E-state index >= 15 is 0 Å². The Morgan fingerprint density at radius 1 is 1.47 bits per heavy atom. The van der Waals surface area contributed by atoms with E-state index in [9.17, 15) is 0 Å². The number of nitrogens with two attached hydrogens (primary N) is 1. The third-order valence-electron chi connectivity index (χ3n) is 3.10. The lowest BCUT2D eigenvalue weighted by Crippen LogP contribution is -2.36. The molecule has 0 aromatic carbocycles. The van der Waals surface area contributed by atoms with Crippen LogP contribution >= 0.6 is 11.3 Å². The quantitative estimate of drug-likeness (QED) is 0.831. The number of nitrogens with zero attached hydrogens (tertiary/aromatic N) is 2. The van der Waals surface area contributed by atoms with Gasteiger partial charge >= 0.3 is 0 Å². The van der Waals surface area contributed by atoms with Crippen LogP contribution in [0.3, 0.4) is 0 Å². The average molecular weight is 225 g/mol. The Labute approximate surface area is 95.3 Å². The largest absolute Gasteiger partial charge is 0.329 e. The van der Waals surface area contributed by atoms with Crippen LogP contribution < -0.4 is 5.73 Å². The maximum Gasteiger partial charge on any atom is 0.0794 e. The SMILES string of the molecule is NCCN(Cc1cncs1)C1CCCC1. The Morgan fingerprint density at radius 3 is 2.87 bits per heavy atom. The number of aromatic nitrogens is 1. The average Bonchev–Trinajstić information content (AvgIpc) is 2.89. The molecule has 15 heavy (non-hydrogen) atoms. The molecular formula is C11H19N3S. The van der Waals surface area contributed by atoms with Crippen molar-refractivity contribution in [2.45, 2.75) is 38.3 Å². The molecule has 1 aliphatic rings. The molecule has 84 valence electrons. The summed E-state index contributed by atoms with van der Waals surface area (Å²) in [6.45, 7) is 2.81. The Hall–Kier alpha value is -0.450. The van der Waals surface area contributed by atoms with Crippen molar-refractivity contribution in [1.82, 2.24) is 9.88 Å². The third-order valence-corrected chi connectivity index (χ3v) is 3.86. The van der Waals surface area contributed by atoms with Gasteiger partial charge in [-0.3, -0.25) is 9.88 Å². The van der Waals surface area contributed by atoms with E-state index < -0.39 is 0 Å². The molecule has 1 aliphatic carbocycles. The lowest BCUT2D eigenvalue weighted by atomic mass is 10.2. The zero-order valence-electron chi connectivity index (χ0n) is 9.06. The molecule has 1 fully saturated rings. The van der Waals surface area contributed by atoms with Crippen LogP contribution in [0.25, 0.3) is 0 Å². The highest BCUT2D eigenvalue weighted by molar-refractivity contribution is 7.09. The zero-order chi connectivity index (χ0) is 10.5. The summed E-state index contributed by atoms with van der Waals surface area (Å²) in [4.78, 5) is 8.01. The molecule has 1 aromatic heterocycles. The highest BCUT2D eigenvalue weighted by atomic mass is 32.1. The van der Waals surface area contributed by atoms with Crippen molar-refractivity contribution in [3.05, 3.63) is 16.6 Å². The van der Waals surface area contributed by atoms with Gasteiger partial charge in [0.1, 0.15) is 0 Å². The zero-order valence-corrected chi connectivity index (χ0v) is 9.88. The number of hydrogen-bond acceptors (Lipinski definition) is 4. The van der Waals surface area contributed by atoms with Crippen molar-refractivity contribution in [1.29, 1.82) is 0 Å². The molecule has 2 N–H and O–H groups in total. The topological polar surface area (TPSA) is 42.1 Å². The van der Waals surface area contributed by atoms with Crippen LogP contribution in [0.4, 0.5) is 0 Å². The number of rotatable bonds is 5. The van der Waals surface area contributed by atoms with E-state index in [4.69, 9.17) is 5.73 Å². The van der Waals surface area contributed by atoms with Gasteiger partial charge in [0, 0.05) is 36.8 Å². The van der Waals surface area contributed by atoms with Gasteiger partial charge in [0.05, 0.1) is 5.51 Å². The molecule has 1 heterocycles. The number of thiazole rings is 1. The van der Waals surface area contributed by atoms with Crippen molar-refractivity contribution < 1.29 is 0 Å². The Kier molecular flexibility index (Phi) is 4.11. The normalized spacial score (nSPS) is 17.7. The molecule has 2 rings (SSSR count). The molecule has 0 aliphatic heterocycles. The Balaban J connectivity index is 1.93. The van der Waals surface area contributed by atoms with Gasteiger partial charge in [-0.1, -0.05) is 12.8 Å². The van der Waals surface area contributed by atoms with Gasteiger partial charge in [-0.25, -0.2) is 0 Å². The summed E-state index contributed by atoms with van der Waals surface area (Å²) in [5.41, 5.74) is 7.58. The van der Waals surface area contributed by atoms with Crippen LogP contribution in [0.1, 0.15) is 30.6 Å². The van der Waals surface area contributed by atoms with Gasteiger partial charge in [-0.05, 0) is 12.8 Å². The Bertz CT molecular complexity index is 267. The summed E-state index contributed by atoms with van der Waals surface area (Å²) >= 11 is 1.74. The first-order valence-electron chi connectivity index (χ1n) is 5.71. The molecule has 0 unspecified atom stereocenters. The Morgan fingerprint density at radius 2 is 2.27 bits per heavy atom. The van der Waals surface area contributed by atoms with Gasteiger partial charge in [-0.15, -0.1) is 11.3 Å². The first kappa shape index (κ1) is 11.0. The molecule has 0 spiro atoms. The summed E-state index contributed by atoms with van der Waals surface area (Å²) < 4.78 is 0. The monoisotopic (exact) mass is 225 g/mol. The van der Waals surface area contributed by atoms with Gasteiger partial charge in [-0.2, -0.15) is 0 Å². The minimum Gasteiger partial charge on any atom is -0.329 e. The van der Waals surface area contributed by atoms with Gasteiger partial charge < -0.3 is 5.73 Å². The van der Waals surface area contributed by atoms with Crippen LogP contribution in [0.5, 0.6) is 0 Å². The smallest absolute Gasteiger partial charge is 0.0794 e. The van der Waals surface area contributed by atoms with E-state index in [0.717, 1.165) is 25.7 Å². The van der Waals surface area contributed by atoms with Crippen LogP contribution in [-0.4, -0.2) is 29.0 Å². The summed E-state index contributed by atoms with van der Waals surface area (Å²) in [7, 11) is 0. The minimum atomic E-state index is 0.759. The molecule has 0 saturated heterocycles. The fourth-order valence-electron chi connectivity index (χ4n) is 2.35. The van der Waals surface area contributed by atoms with Crippen LogP contribution in [-0.2, 0) is 6.54 Å². The molecule has 4 heteroatoms. The van der Waals surface area contributed by atoms with E-state index in [1.807, 2.05) is 11.7 Å². The van der Waals surface area contributed by atoms with Gasteiger partial charge in [0.15, 0.2) is 0 Å². The van der Waals surface area contributed by atoms with Crippen LogP contribution in [0.2, 0.25) is 0 Å². The van der Waals surface area contributed by atoms with Crippen molar-refractivity contribution >= 4 is 11.3 Å². The van der Waals surface area contributed by atoms with E-state index in [-0.39, 0.29) is 0 Å². The molecule has 0 atom stereocenters. The van der Waals surface area contributed by atoms with Crippen molar-refractivity contribution in [3.63, 3.8) is 0 Å². The number of hydrogen-bond donors (Lipinski definition) is 1. The van der Waals surface area contributed by atoms with E-state index in [1.165, 1.54) is 30.6 Å². The molecule has 1 aromatic rings. The van der Waals surface area contributed by atoms with Crippen LogP contribution in [0.15, 0.2) is 11.7 Å². The molecule has 0 amide bonds. The molecule has 1 saturated carbocycles. The lowest BCUT2D eigenvalue weighted by molar-refractivity contribution is 0.197. The van der Waals surface area contributed by atoms with Crippen molar-refractivity contribution in [2.75, 3.05) is 13.1 Å². The molecule has 3 nitrogen and oxygen atoms in total. The highest BCUT2D eigenvalue weighted by Gasteiger charge is 2.22. The fourth-order valence-corrected chi connectivity index (χ4v) is 2.97. The summed E-state index contributed by atoms with van der Waals surface area (Å²) in [6, 6.07) is 0.760. The van der Waals surface area contributed by atoms with Gasteiger partial charge in [0.25, 0.3) is 0 Å². The maximum absolute atomic E-state index is 5.67. The standard InChI is InChI=1S/C11H19N3S/c12-5-6-14(10-3-1-2-4-10)8-11-7-13-9-15-11/h7,9-10H,1-6,8,12H2. The molecular weight excluding hydrogens is 206 g/mol. The second kappa shape index (κ2) is 5.58. The lowest BCUT2D eigenvalue weighted by Gasteiger charge is -2.27. The van der Waals surface area contributed by atoms with E-state index in [2.05, 4.69) is 9.88 Å². The first-order valence-corrected chi connectivity index (χ1v) is 6.59. The van der Waals surface area contributed by atoms with E-state index in [0.29, 0.717) is 0 Å². The second-order valence-electron chi connectivity index (χ2n) is 4.17. The summed E-state index contributed by atoms with van der Waals surface area (Å²) in [5, 5.41) is 0. The highest BCUT2D eigenvalue weighted by Crippen LogP contribution is 2.25. The summed E-state index contributed by atoms with van der Waals surface area (Å²) in [5.74, 6) is 0. The first-order chi connectivity index (χ1) is 7.40. The van der Waals surface area contributed by atoms with Crippen molar-refractivity contribution in [3.8, 4) is 0 Å². The predicted molar refractivity (Wildman–Crippen MR) is 63.8 cm³/mol. The minimum absolute atomic E-state index is 0.759. The molecule has 0 radical (unpaired) electrons. The third kappa shape index (κ3) is 3.00. The second-order valence-corrected chi connectivity index (χ2v) is 5.14. The van der Waals surface area contributed by atoms with Crippen LogP contribution in [0, 0.1) is 0 Å². The van der Waals surface area contributed by atoms with Gasteiger partial charge in [0.2, 0.25) is 0 Å².